The van der Waals surface area contributed by atoms with Crippen LogP contribution in [0, 0.1) is 6.92 Å². The van der Waals surface area contributed by atoms with Crippen molar-refractivity contribution in [2.24, 2.45) is 0 Å². The standard InChI is InChI=1S/C22H23NO3/c1-16-6-5-9-18(10-16)19-11-20-14-25-15-21(12-19)23(20)22(24)26-13-17-7-3-2-4-8-17/h2-11,20-21H,12-15H2,1H3. The molecule has 2 heterocycles. The Morgan fingerprint density at radius 2 is 2.00 bits per heavy atom. The molecule has 1 saturated heterocycles. The fourth-order valence-electron chi connectivity index (χ4n) is 3.73. The Morgan fingerprint density at radius 3 is 2.77 bits per heavy atom. The zero-order valence-electron chi connectivity index (χ0n) is 14.9. The third kappa shape index (κ3) is 3.51. The Morgan fingerprint density at radius 1 is 1.15 bits per heavy atom. The van der Waals surface area contributed by atoms with Crippen molar-refractivity contribution in [3.05, 3.63) is 77.4 Å². The molecule has 2 unspecified atom stereocenters. The number of benzene rings is 2. The maximum Gasteiger partial charge on any atom is 0.411 e. The van der Waals surface area contributed by atoms with Crippen LogP contribution in [0.3, 0.4) is 0 Å². The first-order valence-electron chi connectivity index (χ1n) is 9.05. The van der Waals surface area contributed by atoms with E-state index in [4.69, 9.17) is 9.47 Å². The van der Waals surface area contributed by atoms with Crippen molar-refractivity contribution in [1.29, 1.82) is 0 Å². The average Bonchev–Trinajstić information content (AvgIpc) is 2.66. The minimum atomic E-state index is -0.258. The Labute approximate surface area is 154 Å². The van der Waals surface area contributed by atoms with Crippen LogP contribution < -0.4 is 0 Å². The third-order valence-electron chi connectivity index (χ3n) is 5.00. The molecule has 4 rings (SSSR count). The van der Waals surface area contributed by atoms with Gasteiger partial charge >= 0.3 is 6.09 Å². The molecule has 0 aromatic heterocycles. The van der Waals surface area contributed by atoms with Crippen LogP contribution in [-0.4, -0.2) is 36.3 Å². The first kappa shape index (κ1) is 16.9. The number of rotatable bonds is 3. The number of aryl methyl sites for hydroxylation is 1. The third-order valence-corrected chi connectivity index (χ3v) is 5.00. The number of hydrogen-bond acceptors (Lipinski definition) is 3. The molecule has 0 aliphatic carbocycles. The summed E-state index contributed by atoms with van der Waals surface area (Å²) in [5.41, 5.74) is 4.77. The first-order valence-corrected chi connectivity index (χ1v) is 9.05. The van der Waals surface area contributed by atoms with Crippen LogP contribution in [0.2, 0.25) is 0 Å². The van der Waals surface area contributed by atoms with Crippen LogP contribution in [0.15, 0.2) is 60.7 Å². The van der Waals surface area contributed by atoms with E-state index in [0.717, 1.165) is 12.0 Å². The fourth-order valence-corrected chi connectivity index (χ4v) is 3.73. The van der Waals surface area contributed by atoms with Gasteiger partial charge in [-0.2, -0.15) is 0 Å². The molecule has 2 aromatic carbocycles. The van der Waals surface area contributed by atoms with E-state index < -0.39 is 0 Å². The maximum atomic E-state index is 12.7. The van der Waals surface area contributed by atoms with E-state index in [1.54, 1.807) is 0 Å². The lowest BCUT2D eigenvalue weighted by atomic mass is 9.89. The van der Waals surface area contributed by atoms with E-state index >= 15 is 0 Å². The van der Waals surface area contributed by atoms with Gasteiger partial charge in [-0.05, 0) is 30.0 Å². The fraction of sp³-hybridized carbons (Fsp3) is 0.318. The Bertz CT molecular complexity index is 815. The molecule has 134 valence electrons. The van der Waals surface area contributed by atoms with Crippen LogP contribution in [0.1, 0.15) is 23.1 Å². The van der Waals surface area contributed by atoms with Gasteiger partial charge in [0, 0.05) is 0 Å². The Hall–Kier alpha value is -2.59. The lowest BCUT2D eigenvalue weighted by molar-refractivity contribution is -0.0342. The first-order chi connectivity index (χ1) is 12.7. The molecule has 26 heavy (non-hydrogen) atoms. The predicted octanol–water partition coefficient (Wildman–Crippen LogP) is 4.19. The van der Waals surface area contributed by atoms with E-state index in [9.17, 15) is 4.79 Å². The lowest BCUT2D eigenvalue weighted by Crippen LogP contribution is -2.56. The molecule has 2 aliphatic rings. The normalized spacial score (nSPS) is 21.9. The summed E-state index contributed by atoms with van der Waals surface area (Å²) in [5.74, 6) is 0. The highest BCUT2D eigenvalue weighted by molar-refractivity contribution is 5.74. The zero-order valence-corrected chi connectivity index (χ0v) is 14.9. The molecule has 1 amide bonds. The molecular weight excluding hydrogens is 326 g/mol. The van der Waals surface area contributed by atoms with E-state index in [2.05, 4.69) is 37.3 Å². The quantitative estimate of drug-likeness (QED) is 0.834. The molecule has 2 aromatic rings. The van der Waals surface area contributed by atoms with Gasteiger partial charge < -0.3 is 9.47 Å². The van der Waals surface area contributed by atoms with Crippen LogP contribution >= 0.6 is 0 Å². The molecule has 4 heteroatoms. The molecule has 4 nitrogen and oxygen atoms in total. The SMILES string of the molecule is Cc1cccc(C2=CC3COCC(C2)N3C(=O)OCc2ccccc2)c1. The van der Waals surface area contributed by atoms with E-state index in [1.807, 2.05) is 35.2 Å². The van der Waals surface area contributed by atoms with Crippen molar-refractivity contribution in [2.45, 2.75) is 32.0 Å². The molecule has 2 atom stereocenters. The summed E-state index contributed by atoms with van der Waals surface area (Å²) in [6.07, 6.45) is 2.70. The summed E-state index contributed by atoms with van der Waals surface area (Å²) >= 11 is 0. The van der Waals surface area contributed by atoms with Crippen molar-refractivity contribution < 1.29 is 14.3 Å². The average molecular weight is 349 g/mol. The monoisotopic (exact) mass is 349 g/mol. The van der Waals surface area contributed by atoms with Crippen LogP contribution in [0.5, 0.6) is 0 Å². The number of amides is 1. The summed E-state index contributed by atoms with van der Waals surface area (Å²) in [5, 5.41) is 0. The number of fused-ring (bicyclic) bond motifs is 2. The number of morpholine rings is 1. The molecule has 0 N–H and O–H groups in total. The van der Waals surface area contributed by atoms with Gasteiger partial charge in [-0.3, -0.25) is 4.90 Å². The van der Waals surface area contributed by atoms with Gasteiger partial charge in [0.1, 0.15) is 6.61 Å². The minimum absolute atomic E-state index is 0.0255. The van der Waals surface area contributed by atoms with E-state index in [1.165, 1.54) is 16.7 Å². The van der Waals surface area contributed by atoms with Gasteiger partial charge in [-0.15, -0.1) is 0 Å². The molecule has 2 bridgehead atoms. The topological polar surface area (TPSA) is 38.8 Å². The van der Waals surface area contributed by atoms with Crippen LogP contribution in [0.4, 0.5) is 4.79 Å². The molecule has 1 fully saturated rings. The van der Waals surface area contributed by atoms with Gasteiger partial charge in [-0.25, -0.2) is 4.79 Å². The Balaban J connectivity index is 1.50. The van der Waals surface area contributed by atoms with Crippen molar-refractivity contribution in [3.8, 4) is 0 Å². The van der Waals surface area contributed by atoms with E-state index in [-0.39, 0.29) is 18.2 Å². The number of carbonyl (C=O) groups is 1. The van der Waals surface area contributed by atoms with Crippen LogP contribution in [0.25, 0.3) is 5.57 Å². The predicted molar refractivity (Wildman–Crippen MR) is 101 cm³/mol. The molecule has 0 spiro atoms. The van der Waals surface area contributed by atoms with E-state index in [0.29, 0.717) is 19.8 Å². The summed E-state index contributed by atoms with van der Waals surface area (Å²) in [7, 11) is 0. The van der Waals surface area contributed by atoms with Gasteiger partial charge in [0.2, 0.25) is 0 Å². The lowest BCUT2D eigenvalue weighted by Gasteiger charge is -2.43. The summed E-state index contributed by atoms with van der Waals surface area (Å²) in [6.45, 7) is 3.47. The molecule has 0 radical (unpaired) electrons. The van der Waals surface area contributed by atoms with Crippen molar-refractivity contribution in [2.75, 3.05) is 13.2 Å². The zero-order chi connectivity index (χ0) is 17.9. The number of ether oxygens (including phenoxy) is 2. The summed E-state index contributed by atoms with van der Waals surface area (Å²) in [6, 6.07) is 18.3. The second-order valence-corrected chi connectivity index (χ2v) is 6.97. The summed E-state index contributed by atoms with van der Waals surface area (Å²) < 4.78 is 11.3. The minimum Gasteiger partial charge on any atom is -0.445 e. The van der Waals surface area contributed by atoms with Gasteiger partial charge in [0.15, 0.2) is 0 Å². The highest BCUT2D eigenvalue weighted by Gasteiger charge is 2.39. The van der Waals surface area contributed by atoms with Crippen molar-refractivity contribution >= 4 is 11.7 Å². The largest absolute Gasteiger partial charge is 0.445 e. The number of carbonyl (C=O) groups excluding carboxylic acids is 1. The Kier molecular flexibility index (Phi) is 4.76. The number of hydrogen-bond donors (Lipinski definition) is 0. The van der Waals surface area contributed by atoms with Crippen molar-refractivity contribution in [1.82, 2.24) is 4.90 Å². The molecule has 0 saturated carbocycles. The maximum absolute atomic E-state index is 12.7. The van der Waals surface area contributed by atoms with Crippen molar-refractivity contribution in [3.63, 3.8) is 0 Å². The second kappa shape index (κ2) is 7.34. The molecule has 2 aliphatic heterocycles. The van der Waals surface area contributed by atoms with Gasteiger partial charge in [0.05, 0.1) is 25.3 Å². The smallest absolute Gasteiger partial charge is 0.411 e. The highest BCUT2D eigenvalue weighted by atomic mass is 16.6. The van der Waals surface area contributed by atoms with Crippen LogP contribution in [-0.2, 0) is 16.1 Å². The second-order valence-electron chi connectivity index (χ2n) is 6.97. The summed E-state index contributed by atoms with van der Waals surface area (Å²) in [4.78, 5) is 14.6. The highest BCUT2D eigenvalue weighted by Crippen LogP contribution is 2.33. The number of nitrogens with zero attached hydrogens (tertiary/aromatic N) is 1. The van der Waals surface area contributed by atoms with Gasteiger partial charge in [-0.1, -0.05) is 66.2 Å². The van der Waals surface area contributed by atoms with Gasteiger partial charge in [0.25, 0.3) is 0 Å². The molecular formula is C22H23NO3.